The first-order valence-electron chi connectivity index (χ1n) is 8.22. The van der Waals surface area contributed by atoms with Gasteiger partial charge in [0.05, 0.1) is 0 Å². The first-order chi connectivity index (χ1) is 11.1. The van der Waals surface area contributed by atoms with Crippen LogP contribution in [0.3, 0.4) is 0 Å². The summed E-state index contributed by atoms with van der Waals surface area (Å²) in [6.07, 6.45) is 0.901. The molecule has 0 aliphatic heterocycles. The molecule has 0 aromatic heterocycles. The maximum atomic E-state index is 9.31. The van der Waals surface area contributed by atoms with E-state index >= 15 is 0 Å². The molecule has 3 heteroatoms. The van der Waals surface area contributed by atoms with Gasteiger partial charge in [0, 0.05) is 6.61 Å². The highest BCUT2D eigenvalue weighted by molar-refractivity contribution is 5.37. The zero-order valence-electron chi connectivity index (χ0n) is 14.0. The molecule has 0 spiro atoms. The Morgan fingerprint density at radius 1 is 1.13 bits per heavy atom. The van der Waals surface area contributed by atoms with Crippen molar-refractivity contribution in [2.75, 3.05) is 13.2 Å². The number of rotatable bonds is 8. The third-order valence-corrected chi connectivity index (χ3v) is 4.30. The monoisotopic (exact) mass is 313 g/mol. The van der Waals surface area contributed by atoms with Crippen LogP contribution in [0, 0.1) is 12.8 Å². The van der Waals surface area contributed by atoms with Crippen LogP contribution in [0.2, 0.25) is 0 Å². The third kappa shape index (κ3) is 5.08. The summed E-state index contributed by atoms with van der Waals surface area (Å²) in [5.74, 6) is 1.43. The summed E-state index contributed by atoms with van der Waals surface area (Å²) in [4.78, 5) is 0. The minimum Gasteiger partial charge on any atom is -0.489 e. The van der Waals surface area contributed by atoms with Gasteiger partial charge in [-0.15, -0.1) is 0 Å². The third-order valence-electron chi connectivity index (χ3n) is 4.30. The van der Waals surface area contributed by atoms with Gasteiger partial charge in [0.25, 0.3) is 0 Å². The minimum absolute atomic E-state index is 0.151. The molecule has 0 aliphatic carbocycles. The molecule has 0 fully saturated rings. The Hall–Kier alpha value is -1.84. The molecule has 3 N–H and O–H groups in total. The van der Waals surface area contributed by atoms with E-state index in [1.54, 1.807) is 0 Å². The SMILES string of the molecule is Cc1cc(OCc2ccccc2)ccc1C(C)CC(CN)CO. The first kappa shape index (κ1) is 17.5. The van der Waals surface area contributed by atoms with E-state index < -0.39 is 0 Å². The zero-order valence-corrected chi connectivity index (χ0v) is 14.0. The highest BCUT2D eigenvalue weighted by atomic mass is 16.5. The number of aryl methyl sites for hydroxylation is 1. The quantitative estimate of drug-likeness (QED) is 0.782. The van der Waals surface area contributed by atoms with E-state index in [4.69, 9.17) is 10.5 Å². The lowest BCUT2D eigenvalue weighted by molar-refractivity contribution is 0.217. The van der Waals surface area contributed by atoms with Crippen molar-refractivity contribution in [2.45, 2.75) is 32.8 Å². The van der Waals surface area contributed by atoms with Crippen molar-refractivity contribution in [3.8, 4) is 5.75 Å². The number of aliphatic hydroxyl groups is 1. The molecule has 2 unspecified atom stereocenters. The number of ether oxygens (including phenoxy) is 1. The van der Waals surface area contributed by atoms with E-state index in [9.17, 15) is 5.11 Å². The number of aliphatic hydroxyl groups excluding tert-OH is 1. The lowest BCUT2D eigenvalue weighted by atomic mass is 9.88. The summed E-state index contributed by atoms with van der Waals surface area (Å²) in [6, 6.07) is 16.4. The average Bonchev–Trinajstić information content (AvgIpc) is 2.58. The lowest BCUT2D eigenvalue weighted by Gasteiger charge is -2.20. The fourth-order valence-corrected chi connectivity index (χ4v) is 2.90. The van der Waals surface area contributed by atoms with Crippen LogP contribution < -0.4 is 10.5 Å². The van der Waals surface area contributed by atoms with Crippen LogP contribution in [0.4, 0.5) is 0 Å². The van der Waals surface area contributed by atoms with Gasteiger partial charge in [-0.1, -0.05) is 43.3 Å². The summed E-state index contributed by atoms with van der Waals surface area (Å²) < 4.78 is 5.87. The second-order valence-electron chi connectivity index (χ2n) is 6.21. The van der Waals surface area contributed by atoms with Gasteiger partial charge in [0.1, 0.15) is 12.4 Å². The number of hydrogen-bond acceptors (Lipinski definition) is 3. The van der Waals surface area contributed by atoms with Crippen LogP contribution in [0.5, 0.6) is 5.75 Å². The Balaban J connectivity index is 1.99. The van der Waals surface area contributed by atoms with E-state index in [1.807, 2.05) is 24.3 Å². The number of hydrogen-bond donors (Lipinski definition) is 2. The predicted octanol–water partition coefficient (Wildman–Crippen LogP) is 3.63. The molecule has 0 bridgehead atoms. The van der Waals surface area contributed by atoms with Crippen LogP contribution in [0.1, 0.15) is 36.0 Å². The smallest absolute Gasteiger partial charge is 0.120 e. The summed E-state index contributed by atoms with van der Waals surface area (Å²) in [6.45, 7) is 5.55. The Morgan fingerprint density at radius 2 is 1.87 bits per heavy atom. The van der Waals surface area contributed by atoms with Gasteiger partial charge in [0.2, 0.25) is 0 Å². The largest absolute Gasteiger partial charge is 0.489 e. The summed E-state index contributed by atoms with van der Waals surface area (Å²) in [7, 11) is 0. The molecule has 23 heavy (non-hydrogen) atoms. The van der Waals surface area contributed by atoms with Gasteiger partial charge < -0.3 is 15.6 Å². The van der Waals surface area contributed by atoms with E-state index in [1.165, 1.54) is 11.1 Å². The van der Waals surface area contributed by atoms with Crippen LogP contribution in [-0.4, -0.2) is 18.3 Å². The van der Waals surface area contributed by atoms with Gasteiger partial charge in [0.15, 0.2) is 0 Å². The molecular formula is C20H27NO2. The molecule has 0 heterocycles. The van der Waals surface area contributed by atoms with Crippen molar-refractivity contribution < 1.29 is 9.84 Å². The van der Waals surface area contributed by atoms with Gasteiger partial charge in [-0.2, -0.15) is 0 Å². The molecule has 124 valence electrons. The van der Waals surface area contributed by atoms with Crippen molar-refractivity contribution in [3.63, 3.8) is 0 Å². The van der Waals surface area contributed by atoms with Gasteiger partial charge in [-0.05, 0) is 60.5 Å². The van der Waals surface area contributed by atoms with E-state index in [-0.39, 0.29) is 12.5 Å². The molecule has 0 radical (unpaired) electrons. The van der Waals surface area contributed by atoms with Gasteiger partial charge in [-0.25, -0.2) is 0 Å². The fraction of sp³-hybridized carbons (Fsp3) is 0.400. The molecule has 0 aliphatic rings. The van der Waals surface area contributed by atoms with E-state index in [2.05, 4.69) is 38.1 Å². The summed E-state index contributed by atoms with van der Waals surface area (Å²) in [5.41, 5.74) is 9.36. The fourth-order valence-electron chi connectivity index (χ4n) is 2.90. The van der Waals surface area contributed by atoms with Crippen LogP contribution in [0.15, 0.2) is 48.5 Å². The minimum atomic E-state index is 0.151. The Bertz CT molecular complexity index is 594. The maximum absolute atomic E-state index is 9.31. The number of benzene rings is 2. The van der Waals surface area contributed by atoms with Crippen molar-refractivity contribution in [3.05, 3.63) is 65.2 Å². The molecule has 0 amide bonds. The van der Waals surface area contributed by atoms with Gasteiger partial charge >= 0.3 is 0 Å². The van der Waals surface area contributed by atoms with Crippen molar-refractivity contribution in [1.82, 2.24) is 0 Å². The molecule has 2 aromatic carbocycles. The zero-order chi connectivity index (χ0) is 16.7. The van der Waals surface area contributed by atoms with Crippen LogP contribution in [0.25, 0.3) is 0 Å². The molecule has 0 saturated heterocycles. The second kappa shape index (κ2) is 8.70. The van der Waals surface area contributed by atoms with E-state index in [0.717, 1.165) is 17.7 Å². The lowest BCUT2D eigenvalue weighted by Crippen LogP contribution is -2.20. The van der Waals surface area contributed by atoms with Crippen molar-refractivity contribution in [1.29, 1.82) is 0 Å². The maximum Gasteiger partial charge on any atom is 0.120 e. The van der Waals surface area contributed by atoms with Crippen LogP contribution >= 0.6 is 0 Å². The molecule has 0 saturated carbocycles. The summed E-state index contributed by atoms with van der Waals surface area (Å²) in [5, 5.41) is 9.31. The first-order valence-corrected chi connectivity index (χ1v) is 8.22. The van der Waals surface area contributed by atoms with E-state index in [0.29, 0.717) is 19.1 Å². The van der Waals surface area contributed by atoms with Crippen LogP contribution in [-0.2, 0) is 6.61 Å². The second-order valence-corrected chi connectivity index (χ2v) is 6.21. The standard InChI is InChI=1S/C20H27NO2/c1-15(10-18(12-21)13-22)20-9-8-19(11-16(20)2)23-14-17-6-4-3-5-7-17/h3-9,11,15,18,22H,10,12-14,21H2,1-2H3. The highest BCUT2D eigenvalue weighted by Gasteiger charge is 2.15. The van der Waals surface area contributed by atoms with Crippen molar-refractivity contribution in [2.24, 2.45) is 11.7 Å². The molecule has 2 rings (SSSR count). The molecule has 2 aromatic rings. The normalized spacial score (nSPS) is 13.6. The Labute approximate surface area is 139 Å². The highest BCUT2D eigenvalue weighted by Crippen LogP contribution is 2.28. The molecule has 3 nitrogen and oxygen atoms in total. The predicted molar refractivity (Wildman–Crippen MR) is 94.6 cm³/mol. The molecular weight excluding hydrogens is 286 g/mol. The van der Waals surface area contributed by atoms with Gasteiger partial charge in [-0.3, -0.25) is 0 Å². The Kier molecular flexibility index (Phi) is 6.63. The Morgan fingerprint density at radius 3 is 2.48 bits per heavy atom. The summed E-state index contributed by atoms with van der Waals surface area (Å²) >= 11 is 0. The topological polar surface area (TPSA) is 55.5 Å². The molecule has 2 atom stereocenters. The average molecular weight is 313 g/mol. The number of nitrogens with two attached hydrogens (primary N) is 1. The van der Waals surface area contributed by atoms with Crippen molar-refractivity contribution >= 4 is 0 Å².